The van der Waals surface area contributed by atoms with Crippen molar-refractivity contribution >= 4 is 17.5 Å². The molecule has 0 saturated heterocycles. The number of carbonyl (C=O) groups is 2. The van der Waals surface area contributed by atoms with Gasteiger partial charge in [-0.25, -0.2) is 0 Å². The van der Waals surface area contributed by atoms with Crippen molar-refractivity contribution in [2.24, 2.45) is 0 Å². The van der Waals surface area contributed by atoms with Crippen LogP contribution in [-0.4, -0.2) is 34.7 Å². The second kappa shape index (κ2) is 10.9. The number of nitro groups is 1. The van der Waals surface area contributed by atoms with Gasteiger partial charge in [0.15, 0.2) is 0 Å². The summed E-state index contributed by atoms with van der Waals surface area (Å²) in [7, 11) is 1.54. The fourth-order valence-electron chi connectivity index (χ4n) is 3.60. The van der Waals surface area contributed by atoms with Gasteiger partial charge in [0, 0.05) is 31.6 Å². The standard InChI is InChI=1S/C25H25N3O4/c1-26-25(30)23(16-19-10-4-2-5-11-19)27(18-20-12-6-3-7-13-20)24(29)17-21-14-8-9-15-22(21)28(31)32/h2-15,23H,16-18H2,1H3,(H,26,30)/t23-/m0/s1. The first-order chi connectivity index (χ1) is 15.5. The predicted octanol–water partition coefficient (Wildman–Crippen LogP) is 3.52. The maximum Gasteiger partial charge on any atom is 0.273 e. The molecule has 0 bridgehead atoms. The molecule has 164 valence electrons. The van der Waals surface area contributed by atoms with E-state index in [1.807, 2.05) is 60.7 Å². The normalized spacial score (nSPS) is 11.4. The molecule has 0 aliphatic rings. The van der Waals surface area contributed by atoms with Crippen molar-refractivity contribution in [3.05, 3.63) is 112 Å². The van der Waals surface area contributed by atoms with E-state index in [1.54, 1.807) is 18.2 Å². The molecule has 0 unspecified atom stereocenters. The van der Waals surface area contributed by atoms with Gasteiger partial charge in [-0.2, -0.15) is 0 Å². The minimum atomic E-state index is -0.766. The third kappa shape index (κ3) is 5.78. The van der Waals surface area contributed by atoms with Gasteiger partial charge >= 0.3 is 0 Å². The van der Waals surface area contributed by atoms with E-state index in [0.717, 1.165) is 11.1 Å². The lowest BCUT2D eigenvalue weighted by Crippen LogP contribution is -2.50. The fourth-order valence-corrected chi connectivity index (χ4v) is 3.60. The van der Waals surface area contributed by atoms with Gasteiger partial charge in [-0.3, -0.25) is 19.7 Å². The maximum atomic E-state index is 13.5. The summed E-state index contributed by atoms with van der Waals surface area (Å²) in [5.74, 6) is -0.645. The highest BCUT2D eigenvalue weighted by atomic mass is 16.6. The molecule has 2 amide bonds. The number of nitrogens with one attached hydrogen (secondary N) is 1. The summed E-state index contributed by atoms with van der Waals surface area (Å²) in [4.78, 5) is 38.8. The van der Waals surface area contributed by atoms with E-state index in [1.165, 1.54) is 18.0 Å². The molecule has 7 heteroatoms. The van der Waals surface area contributed by atoms with Crippen LogP contribution >= 0.6 is 0 Å². The Kier molecular flexibility index (Phi) is 7.70. The van der Waals surface area contributed by atoms with Gasteiger partial charge in [0.1, 0.15) is 6.04 Å². The minimum absolute atomic E-state index is 0.111. The fraction of sp³-hybridized carbons (Fsp3) is 0.200. The van der Waals surface area contributed by atoms with Gasteiger partial charge in [-0.15, -0.1) is 0 Å². The highest BCUT2D eigenvalue weighted by Crippen LogP contribution is 2.21. The second-order valence-corrected chi connectivity index (χ2v) is 7.39. The van der Waals surface area contributed by atoms with Crippen LogP contribution in [-0.2, 0) is 29.0 Å². The average Bonchev–Trinajstić information content (AvgIpc) is 2.82. The van der Waals surface area contributed by atoms with Crippen LogP contribution in [0.3, 0.4) is 0 Å². The Morgan fingerprint density at radius 1 is 0.906 bits per heavy atom. The Morgan fingerprint density at radius 3 is 2.06 bits per heavy atom. The van der Waals surface area contributed by atoms with Crippen molar-refractivity contribution in [2.75, 3.05) is 7.05 Å². The van der Waals surface area contributed by atoms with Crippen LogP contribution in [0, 0.1) is 10.1 Å². The van der Waals surface area contributed by atoms with Crippen molar-refractivity contribution in [2.45, 2.75) is 25.4 Å². The van der Waals surface area contributed by atoms with Crippen molar-refractivity contribution in [3.63, 3.8) is 0 Å². The van der Waals surface area contributed by atoms with E-state index >= 15 is 0 Å². The molecule has 0 aliphatic heterocycles. The van der Waals surface area contributed by atoms with Crippen molar-refractivity contribution in [3.8, 4) is 0 Å². The molecule has 3 aromatic rings. The van der Waals surface area contributed by atoms with Crippen LogP contribution in [0.2, 0.25) is 0 Å². The molecule has 1 atom stereocenters. The lowest BCUT2D eigenvalue weighted by Gasteiger charge is -2.31. The lowest BCUT2D eigenvalue weighted by molar-refractivity contribution is -0.385. The summed E-state index contributed by atoms with van der Waals surface area (Å²) in [6, 6.07) is 24.3. The summed E-state index contributed by atoms with van der Waals surface area (Å²) in [5, 5.41) is 14.1. The van der Waals surface area contributed by atoms with Crippen LogP contribution in [0.4, 0.5) is 5.69 Å². The van der Waals surface area contributed by atoms with Gasteiger partial charge in [-0.05, 0) is 11.1 Å². The van der Waals surface area contributed by atoms with E-state index in [0.29, 0.717) is 12.0 Å². The largest absolute Gasteiger partial charge is 0.357 e. The highest BCUT2D eigenvalue weighted by molar-refractivity contribution is 5.89. The molecule has 7 nitrogen and oxygen atoms in total. The second-order valence-electron chi connectivity index (χ2n) is 7.39. The Balaban J connectivity index is 1.96. The number of nitrogens with zero attached hydrogens (tertiary/aromatic N) is 2. The monoisotopic (exact) mass is 431 g/mol. The molecular weight excluding hydrogens is 406 g/mol. The molecule has 0 radical (unpaired) electrons. The van der Waals surface area contributed by atoms with Gasteiger partial charge in [0.25, 0.3) is 5.69 Å². The van der Waals surface area contributed by atoms with Gasteiger partial charge in [-0.1, -0.05) is 78.9 Å². The first kappa shape index (κ1) is 22.7. The predicted molar refractivity (Wildman–Crippen MR) is 122 cm³/mol. The average molecular weight is 431 g/mol. The molecule has 3 rings (SSSR count). The molecule has 1 N–H and O–H groups in total. The van der Waals surface area contributed by atoms with Crippen LogP contribution in [0.1, 0.15) is 16.7 Å². The molecule has 0 spiro atoms. The Morgan fingerprint density at radius 2 is 1.47 bits per heavy atom. The number of hydrogen-bond acceptors (Lipinski definition) is 4. The van der Waals surface area contributed by atoms with Crippen LogP contribution < -0.4 is 5.32 Å². The first-order valence-corrected chi connectivity index (χ1v) is 10.3. The van der Waals surface area contributed by atoms with Gasteiger partial charge in [0.2, 0.25) is 11.8 Å². The molecule has 0 heterocycles. The zero-order chi connectivity index (χ0) is 22.9. The van der Waals surface area contributed by atoms with Crippen molar-refractivity contribution in [1.29, 1.82) is 0 Å². The summed E-state index contributed by atoms with van der Waals surface area (Å²) in [6.45, 7) is 0.214. The number of amides is 2. The van der Waals surface area contributed by atoms with E-state index in [-0.39, 0.29) is 30.5 Å². The number of para-hydroxylation sites is 1. The van der Waals surface area contributed by atoms with Crippen LogP contribution in [0.25, 0.3) is 0 Å². The summed E-state index contributed by atoms with van der Waals surface area (Å²) in [6.07, 6.45) is 0.155. The summed E-state index contributed by atoms with van der Waals surface area (Å²) < 4.78 is 0. The molecule has 0 fully saturated rings. The molecule has 0 aliphatic carbocycles. The SMILES string of the molecule is CNC(=O)[C@H](Cc1ccccc1)N(Cc1ccccc1)C(=O)Cc1ccccc1[N+](=O)[O-]. The molecular formula is C25H25N3O4. The van der Waals surface area contributed by atoms with Gasteiger partial charge in [0.05, 0.1) is 11.3 Å². The third-order valence-electron chi connectivity index (χ3n) is 5.24. The highest BCUT2D eigenvalue weighted by Gasteiger charge is 2.30. The number of nitro benzene ring substituents is 1. The third-order valence-corrected chi connectivity index (χ3v) is 5.24. The smallest absolute Gasteiger partial charge is 0.273 e. The molecule has 0 saturated carbocycles. The summed E-state index contributed by atoms with van der Waals surface area (Å²) in [5.41, 5.74) is 1.99. The number of benzene rings is 3. The van der Waals surface area contributed by atoms with Crippen molar-refractivity contribution in [1.82, 2.24) is 10.2 Å². The zero-order valence-corrected chi connectivity index (χ0v) is 17.8. The lowest BCUT2D eigenvalue weighted by atomic mass is 10.0. The van der Waals surface area contributed by atoms with Crippen LogP contribution in [0.15, 0.2) is 84.9 Å². The Bertz CT molecular complexity index is 1070. The number of carbonyl (C=O) groups excluding carboxylic acids is 2. The number of hydrogen-bond donors (Lipinski definition) is 1. The van der Waals surface area contributed by atoms with Crippen molar-refractivity contribution < 1.29 is 14.5 Å². The van der Waals surface area contributed by atoms with Gasteiger partial charge < -0.3 is 10.2 Å². The number of likely N-dealkylation sites (N-methyl/N-ethyl adjacent to an activating group) is 1. The van der Waals surface area contributed by atoms with E-state index in [4.69, 9.17) is 0 Å². The maximum absolute atomic E-state index is 13.5. The van der Waals surface area contributed by atoms with Crippen LogP contribution in [0.5, 0.6) is 0 Å². The summed E-state index contributed by atoms with van der Waals surface area (Å²) >= 11 is 0. The van der Waals surface area contributed by atoms with E-state index in [2.05, 4.69) is 5.32 Å². The molecule has 0 aromatic heterocycles. The minimum Gasteiger partial charge on any atom is -0.357 e. The molecule has 32 heavy (non-hydrogen) atoms. The first-order valence-electron chi connectivity index (χ1n) is 10.3. The Hall–Kier alpha value is -4.00. The Labute approximate surface area is 186 Å². The quantitative estimate of drug-likeness (QED) is 0.414. The zero-order valence-electron chi connectivity index (χ0n) is 17.8. The topological polar surface area (TPSA) is 92.6 Å². The molecule has 3 aromatic carbocycles. The van der Waals surface area contributed by atoms with E-state index in [9.17, 15) is 19.7 Å². The van der Waals surface area contributed by atoms with E-state index < -0.39 is 11.0 Å². The number of rotatable bonds is 9.